The third-order valence-electron chi connectivity index (χ3n) is 1.91. The minimum Gasteiger partial charge on any atom is -0.381 e. The number of thiol groups is 1. The summed E-state index contributed by atoms with van der Waals surface area (Å²) in [6.45, 7) is 1.56. The minimum absolute atomic E-state index is 0.0368. The van der Waals surface area contributed by atoms with Crippen molar-refractivity contribution in [3.8, 4) is 0 Å². The Morgan fingerprint density at radius 1 is 1.58 bits per heavy atom. The van der Waals surface area contributed by atoms with Crippen LogP contribution in [0.4, 0.5) is 0 Å². The summed E-state index contributed by atoms with van der Waals surface area (Å²) in [5, 5.41) is -0.0368. The van der Waals surface area contributed by atoms with Crippen LogP contribution in [0.2, 0.25) is 0 Å². The van der Waals surface area contributed by atoms with Crippen LogP contribution < -0.4 is 0 Å². The summed E-state index contributed by atoms with van der Waals surface area (Å²) in [5.74, 6) is 0.329. The first kappa shape index (κ1) is 9.81. The fourth-order valence-electron chi connectivity index (χ4n) is 1.27. The summed E-state index contributed by atoms with van der Waals surface area (Å²) in [5.41, 5.74) is 0. The van der Waals surface area contributed by atoms with Gasteiger partial charge in [-0.3, -0.25) is 4.79 Å². The Kier molecular flexibility index (Phi) is 4.40. The van der Waals surface area contributed by atoms with Crippen LogP contribution in [0.15, 0.2) is 12.2 Å². The van der Waals surface area contributed by atoms with Crippen molar-refractivity contribution >= 4 is 17.7 Å². The average molecular weight is 186 g/mol. The highest BCUT2D eigenvalue weighted by molar-refractivity contribution is 7.96. The fourth-order valence-corrected chi connectivity index (χ4v) is 1.50. The third-order valence-corrected chi connectivity index (χ3v) is 2.09. The van der Waals surface area contributed by atoms with E-state index in [1.165, 1.54) is 0 Å². The second kappa shape index (κ2) is 5.38. The maximum Gasteiger partial charge on any atom is 0.186 e. The Morgan fingerprint density at radius 2 is 2.42 bits per heavy atom. The van der Waals surface area contributed by atoms with Crippen LogP contribution >= 0.6 is 12.6 Å². The van der Waals surface area contributed by atoms with Crippen molar-refractivity contribution in [3.63, 3.8) is 0 Å². The summed E-state index contributed by atoms with van der Waals surface area (Å²) in [4.78, 5) is 10.7. The van der Waals surface area contributed by atoms with Gasteiger partial charge in [-0.15, -0.1) is 12.6 Å². The lowest BCUT2D eigenvalue weighted by atomic mass is 10.0. The van der Waals surface area contributed by atoms with Crippen molar-refractivity contribution in [2.75, 3.05) is 13.2 Å². The first-order valence-electron chi connectivity index (χ1n) is 4.25. The molecule has 0 amide bonds. The molecule has 0 saturated heterocycles. The number of carbonyl (C=O) groups excluding carboxylic acids is 1. The van der Waals surface area contributed by atoms with Gasteiger partial charge in [-0.25, -0.2) is 0 Å². The van der Waals surface area contributed by atoms with Crippen molar-refractivity contribution in [1.82, 2.24) is 0 Å². The van der Waals surface area contributed by atoms with E-state index in [0.29, 0.717) is 12.3 Å². The van der Waals surface area contributed by atoms with Crippen LogP contribution in [0.3, 0.4) is 0 Å². The Balaban J connectivity index is 2.38. The molecule has 3 heteroatoms. The Morgan fingerprint density at radius 3 is 3.17 bits per heavy atom. The summed E-state index contributed by atoms with van der Waals surface area (Å²) in [6.07, 6.45) is 6.61. The molecule has 1 atom stereocenters. The number of ether oxygens (including phenoxy) is 1. The molecule has 0 aromatic rings. The molecule has 0 spiro atoms. The number of hydrogen-bond acceptors (Lipinski definition) is 2. The quantitative estimate of drug-likeness (QED) is 0.526. The van der Waals surface area contributed by atoms with Gasteiger partial charge in [0.2, 0.25) is 0 Å². The van der Waals surface area contributed by atoms with Gasteiger partial charge in [-0.05, 0) is 18.8 Å². The maximum absolute atomic E-state index is 10.7. The normalized spacial score (nSPS) is 27.2. The van der Waals surface area contributed by atoms with Crippen LogP contribution in [-0.4, -0.2) is 18.3 Å². The second-order valence-electron chi connectivity index (χ2n) is 2.98. The lowest BCUT2D eigenvalue weighted by molar-refractivity contribution is -0.111. The van der Waals surface area contributed by atoms with Crippen LogP contribution in [0.5, 0.6) is 0 Å². The molecule has 1 aliphatic heterocycles. The first-order valence-corrected chi connectivity index (χ1v) is 4.70. The highest BCUT2D eigenvalue weighted by atomic mass is 32.1. The Bertz CT molecular complexity index is 177. The molecule has 0 aromatic carbocycles. The second-order valence-corrected chi connectivity index (χ2v) is 3.47. The lowest BCUT2D eigenvalue weighted by Gasteiger charge is -2.13. The molecule has 0 bridgehead atoms. The zero-order valence-electron chi connectivity index (χ0n) is 7.03. The monoisotopic (exact) mass is 186 g/mol. The van der Waals surface area contributed by atoms with E-state index in [1.54, 1.807) is 0 Å². The fraction of sp³-hybridized carbons (Fsp3) is 0.667. The number of allylic oxidation sites excluding steroid dienone is 1. The van der Waals surface area contributed by atoms with Crippen LogP contribution in [0.1, 0.15) is 19.3 Å². The van der Waals surface area contributed by atoms with Crippen LogP contribution in [-0.2, 0) is 9.53 Å². The number of rotatable bonds is 2. The number of hydrogen-bond donors (Lipinski definition) is 1. The highest BCUT2D eigenvalue weighted by Crippen LogP contribution is 2.14. The molecule has 12 heavy (non-hydrogen) atoms. The molecule has 0 N–H and O–H groups in total. The molecule has 1 unspecified atom stereocenters. The highest BCUT2D eigenvalue weighted by Gasteiger charge is 2.09. The predicted octanol–water partition coefficient (Wildman–Crippen LogP) is 1.82. The summed E-state index contributed by atoms with van der Waals surface area (Å²) in [6, 6.07) is 0. The molecule has 1 rings (SSSR count). The molecular weight excluding hydrogens is 172 g/mol. The molecule has 0 radical (unpaired) electrons. The lowest BCUT2D eigenvalue weighted by Crippen LogP contribution is -2.09. The van der Waals surface area contributed by atoms with E-state index in [1.807, 2.05) is 0 Å². The van der Waals surface area contributed by atoms with Gasteiger partial charge in [0.1, 0.15) is 0 Å². The van der Waals surface area contributed by atoms with Gasteiger partial charge in [0, 0.05) is 13.0 Å². The largest absolute Gasteiger partial charge is 0.381 e. The van der Waals surface area contributed by atoms with Gasteiger partial charge in [0.25, 0.3) is 0 Å². The predicted molar refractivity (Wildman–Crippen MR) is 51.3 cm³/mol. The van der Waals surface area contributed by atoms with Gasteiger partial charge in [0.05, 0.1) is 6.61 Å². The third kappa shape index (κ3) is 3.93. The molecule has 0 aromatic heterocycles. The van der Waals surface area contributed by atoms with E-state index in [4.69, 9.17) is 4.74 Å². The molecule has 1 aliphatic rings. The summed E-state index contributed by atoms with van der Waals surface area (Å²) in [7, 11) is 0. The van der Waals surface area contributed by atoms with E-state index >= 15 is 0 Å². The average Bonchev–Trinajstić information content (AvgIpc) is 1.93. The molecule has 0 aliphatic carbocycles. The first-order chi connectivity index (χ1) is 5.79. The van der Waals surface area contributed by atoms with Gasteiger partial charge in [-0.2, -0.15) is 0 Å². The van der Waals surface area contributed by atoms with E-state index in [2.05, 4.69) is 24.8 Å². The Labute approximate surface area is 78.4 Å². The van der Waals surface area contributed by atoms with E-state index in [9.17, 15) is 4.79 Å². The Hall–Kier alpha value is -0.280. The van der Waals surface area contributed by atoms with E-state index in [-0.39, 0.29) is 5.12 Å². The van der Waals surface area contributed by atoms with Crippen molar-refractivity contribution in [1.29, 1.82) is 0 Å². The van der Waals surface area contributed by atoms with Gasteiger partial charge in [-0.1, -0.05) is 12.2 Å². The van der Waals surface area contributed by atoms with E-state index < -0.39 is 0 Å². The number of carbonyl (C=O) groups is 1. The zero-order chi connectivity index (χ0) is 8.81. The van der Waals surface area contributed by atoms with Crippen LogP contribution in [0.25, 0.3) is 0 Å². The van der Waals surface area contributed by atoms with Crippen molar-refractivity contribution in [2.45, 2.75) is 19.3 Å². The topological polar surface area (TPSA) is 26.3 Å². The molecule has 68 valence electrons. The van der Waals surface area contributed by atoms with Gasteiger partial charge in [0.15, 0.2) is 5.12 Å². The molecule has 1 heterocycles. The zero-order valence-corrected chi connectivity index (χ0v) is 7.93. The maximum atomic E-state index is 10.7. The minimum atomic E-state index is -0.0368. The smallest absolute Gasteiger partial charge is 0.186 e. The van der Waals surface area contributed by atoms with E-state index in [0.717, 1.165) is 26.1 Å². The van der Waals surface area contributed by atoms with Gasteiger partial charge >= 0.3 is 0 Å². The molecule has 2 nitrogen and oxygen atoms in total. The summed E-state index contributed by atoms with van der Waals surface area (Å²) >= 11 is 3.76. The van der Waals surface area contributed by atoms with Crippen LogP contribution in [0, 0.1) is 5.92 Å². The molecular formula is C9H14O2S. The van der Waals surface area contributed by atoms with Crippen molar-refractivity contribution < 1.29 is 9.53 Å². The SMILES string of the molecule is O=C(S)CC1/C=C/CCOCC1. The summed E-state index contributed by atoms with van der Waals surface area (Å²) < 4.78 is 5.30. The molecule has 0 fully saturated rings. The van der Waals surface area contributed by atoms with Gasteiger partial charge < -0.3 is 4.74 Å². The standard InChI is InChI=1S/C9H14O2S/c10-9(12)7-8-3-1-2-5-11-6-4-8/h1,3,8H,2,4-7H2,(H,10,12)/b3-1+. The van der Waals surface area contributed by atoms with Crippen molar-refractivity contribution in [2.24, 2.45) is 5.92 Å². The van der Waals surface area contributed by atoms with Crippen molar-refractivity contribution in [3.05, 3.63) is 12.2 Å². The molecule has 0 saturated carbocycles.